The molecule has 0 aliphatic carbocycles. The summed E-state index contributed by atoms with van der Waals surface area (Å²) >= 11 is 7.39. The van der Waals surface area contributed by atoms with Crippen LogP contribution in [-0.2, 0) is 37.8 Å². The normalized spacial score (nSPS) is 24.7. The van der Waals surface area contributed by atoms with Crippen LogP contribution in [-0.4, -0.2) is 71.4 Å². The van der Waals surface area contributed by atoms with Gasteiger partial charge in [0.2, 0.25) is 0 Å². The molecule has 2 fully saturated rings. The molecule has 8 nitrogen and oxygen atoms in total. The molecule has 2 heterocycles. The van der Waals surface area contributed by atoms with Crippen LogP contribution in [0.5, 0.6) is 0 Å². The first-order valence-corrected chi connectivity index (χ1v) is 64.6. The Hall–Kier alpha value is -2.57. The molecule has 2 saturated heterocycles. The Morgan fingerprint density at radius 3 is 0.774 bits per heavy atom. The molecule has 93 heavy (non-hydrogen) atoms. The topological polar surface area (TPSA) is 73.8 Å². The van der Waals surface area contributed by atoms with E-state index in [2.05, 4.69) is 333 Å². The van der Waals surface area contributed by atoms with Gasteiger partial charge >= 0.3 is 99.1 Å². The third kappa shape index (κ3) is 20.5. The zero-order valence-corrected chi connectivity index (χ0v) is 72.7. The van der Waals surface area contributed by atoms with Crippen LogP contribution in [0.25, 0.3) is 59.4 Å². The molecule has 0 saturated carbocycles. The number of hydrogen-bond donors (Lipinski definition) is 0. The van der Waals surface area contributed by atoms with E-state index in [0.29, 0.717) is 0 Å². The molecule has 4 atom stereocenters. The summed E-state index contributed by atoms with van der Waals surface area (Å²) < 4.78 is 54.6. The van der Waals surface area contributed by atoms with Crippen molar-refractivity contribution in [2.45, 2.75) is 135 Å². The van der Waals surface area contributed by atoms with Crippen molar-refractivity contribution in [1.82, 2.24) is 0 Å². The number of rotatable bonds is 13. The summed E-state index contributed by atoms with van der Waals surface area (Å²) in [5.74, 6) is 0.777. The van der Waals surface area contributed by atoms with E-state index in [1.165, 1.54) is 81.7 Å². The first kappa shape index (κ1) is 74.6. The Morgan fingerprint density at radius 1 is 0.344 bits per heavy atom. The van der Waals surface area contributed by atoms with E-state index in [-0.39, 0.29) is 28.6 Å². The second-order valence-corrected chi connectivity index (χ2v) is 84.2. The van der Waals surface area contributed by atoms with E-state index < -0.39 is 71.4 Å². The van der Waals surface area contributed by atoms with E-state index in [9.17, 15) is 0 Å². The maximum absolute atomic E-state index is 8.00. The molecule has 20 heteroatoms. The Labute approximate surface area is 603 Å². The maximum atomic E-state index is 8.00. The molecule has 0 N–H and O–H groups in total. The van der Waals surface area contributed by atoms with Gasteiger partial charge in [0.15, 0.2) is 0 Å². The van der Waals surface area contributed by atoms with Crippen molar-refractivity contribution in [2.75, 3.05) is 0 Å². The van der Waals surface area contributed by atoms with Crippen molar-refractivity contribution in [3.63, 3.8) is 0 Å². The predicted octanol–water partition coefficient (Wildman–Crippen LogP) is 22.2. The van der Waals surface area contributed by atoms with Gasteiger partial charge in [-0.2, -0.15) is 0 Å². The molecule has 10 aromatic carbocycles. The summed E-state index contributed by atoms with van der Waals surface area (Å²) in [5, 5.41) is 12.8. The summed E-state index contributed by atoms with van der Waals surface area (Å²) in [4.78, 5) is -0.278. The van der Waals surface area contributed by atoms with Gasteiger partial charge in [-0.05, 0) is 189 Å². The fraction of sp³-hybridized carbons (Fsp3) is 0.288. The van der Waals surface area contributed by atoms with Crippen LogP contribution in [0, 0.1) is 0 Å². The van der Waals surface area contributed by atoms with Crippen LogP contribution < -0.4 is 0 Å². The van der Waals surface area contributed by atoms with Gasteiger partial charge in [-0.3, -0.25) is 0 Å². The van der Waals surface area contributed by atoms with E-state index in [1.54, 1.807) is 0 Å². The molecule has 490 valence electrons. The number of hydrogen-bond acceptors (Lipinski definition) is 8. The van der Waals surface area contributed by atoms with E-state index in [1.807, 2.05) is 33.1 Å². The van der Waals surface area contributed by atoms with Crippen LogP contribution in [0.4, 0.5) is 0 Å². The van der Waals surface area contributed by atoms with Crippen LogP contribution >= 0.6 is 59.9 Å². The molecule has 2 aliphatic heterocycles. The molecular formula is C73H92I3O8Si8V. The number of halogens is 3. The van der Waals surface area contributed by atoms with Crippen molar-refractivity contribution in [3.05, 3.63) is 247 Å². The van der Waals surface area contributed by atoms with Crippen LogP contribution in [0.15, 0.2) is 219 Å². The molecule has 2 aliphatic rings. The third-order valence-electron chi connectivity index (χ3n) is 17.6. The van der Waals surface area contributed by atoms with Crippen molar-refractivity contribution in [3.8, 4) is 0 Å². The Morgan fingerprint density at radius 2 is 0.538 bits per heavy atom. The first-order valence-electron chi connectivity index (χ1n) is 32.6. The van der Waals surface area contributed by atoms with Gasteiger partial charge in [0.05, 0.1) is 0 Å². The molecule has 0 radical (unpaired) electrons. The Bertz CT molecular complexity index is 3660. The van der Waals surface area contributed by atoms with Crippen LogP contribution in [0.2, 0.25) is 76.6 Å². The fourth-order valence-electron chi connectivity index (χ4n) is 14.4. The number of allylic oxidation sites excluding steroid dienone is 1. The SMILES string of the molecule is C=C(C)c1cccc2ccccc12.CC(C[Si]1(C)O[Si](C)(CC(C)c2cccc3ccccc23)O[Si](C)(CC(C)c2cccc3ccccc23)O[Si](C)(CC(C)c2cccc3ccccc23)O1)c1cccc2ccccc12.C[SiH]1O[SiH](C)O[SiH](C)O[SiH](C)O1.[I][V]([I])[I]. The summed E-state index contributed by atoms with van der Waals surface area (Å²) in [5.41, 5.74) is 7.73. The average molecular weight is 1750 g/mol. The second kappa shape index (κ2) is 34.0. The van der Waals surface area contributed by atoms with Gasteiger partial charge < -0.3 is 32.9 Å². The monoisotopic (exact) mass is 1750 g/mol. The van der Waals surface area contributed by atoms with Crippen molar-refractivity contribution < 1.29 is 37.8 Å². The van der Waals surface area contributed by atoms with Gasteiger partial charge in [0.25, 0.3) is 37.1 Å². The number of fused-ring (bicyclic) bond motifs is 5. The van der Waals surface area contributed by atoms with Gasteiger partial charge in [-0.1, -0.05) is 252 Å². The minimum atomic E-state index is -3.07. The van der Waals surface area contributed by atoms with Gasteiger partial charge in [0.1, 0.15) is 0 Å². The van der Waals surface area contributed by atoms with E-state index in [4.69, 9.17) is 32.9 Å². The van der Waals surface area contributed by atoms with Crippen molar-refractivity contribution >= 4 is 191 Å². The second-order valence-electron chi connectivity index (χ2n) is 26.0. The molecule has 0 bridgehead atoms. The van der Waals surface area contributed by atoms with Gasteiger partial charge in [-0.25, -0.2) is 0 Å². The molecule has 12 rings (SSSR count). The molecular weight excluding hydrogens is 1660 g/mol. The van der Waals surface area contributed by atoms with Crippen molar-refractivity contribution in [1.29, 1.82) is 0 Å². The summed E-state index contributed by atoms with van der Waals surface area (Å²) in [6.07, 6.45) is 0. The molecule has 0 aromatic heterocycles. The Kier molecular flexibility index (Phi) is 27.3. The van der Waals surface area contributed by atoms with E-state index in [0.717, 1.165) is 29.7 Å². The molecule has 4 unspecified atom stereocenters. The first-order chi connectivity index (χ1) is 44.3. The molecule has 0 spiro atoms. The number of benzene rings is 10. The van der Waals surface area contributed by atoms with Crippen LogP contribution in [0.3, 0.4) is 0 Å². The molecule has 0 amide bonds. The van der Waals surface area contributed by atoms with E-state index >= 15 is 0 Å². The van der Waals surface area contributed by atoms with Crippen LogP contribution in [0.1, 0.15) is 86.1 Å². The summed E-state index contributed by atoms with van der Waals surface area (Å²) in [7, 11) is -18.0. The molecule has 10 aromatic rings. The zero-order valence-electron chi connectivity index (χ0n) is 56.2. The third-order valence-corrected chi connectivity index (χ3v) is 49.1. The minimum absolute atomic E-state index is 0.194. The zero-order chi connectivity index (χ0) is 66.7. The predicted molar refractivity (Wildman–Crippen MR) is 437 cm³/mol. The van der Waals surface area contributed by atoms with Gasteiger partial charge in [-0.15, -0.1) is 0 Å². The summed E-state index contributed by atoms with van der Waals surface area (Å²) in [6, 6.07) is 79.9. The standard InChI is InChI=1S/C56H64O4Si4.C13H12.C4H16O4Si4.3HI.V/c1-41(49-33-17-25-45-21-9-13-29-53(45)49)37-61(5)57-62(6,38-42(2)50-34-18-26-46-22-10-14-30-54(46)50)59-64(8,40-44(4)52-36-20-28-48-24-12-16-32-56(48)52)60-63(7,58-61)39-43(3)51-35-19-27-47-23-11-15-31-55(47)51;1-10(2)12-9-5-7-11-6-3-4-8-13(11)12;1-9-5-10(2)7-12(4)8-11(3)6-9;;;;/h9-36,41-44H,37-40H2,1-8H3;3-9H,1H2,2H3;9-12H,1-4H3;3*1H;/q;;;;;;+3/p-3. The van der Waals surface area contributed by atoms with Gasteiger partial charge in [0, 0.05) is 0 Å². The van der Waals surface area contributed by atoms with Crippen molar-refractivity contribution in [2.24, 2.45) is 0 Å². The summed E-state index contributed by atoms with van der Waals surface area (Å²) in [6.45, 7) is 33.0. The quantitative estimate of drug-likeness (QED) is 0.0835. The average Bonchev–Trinajstić information content (AvgIpc) is 0.777. The fourth-order valence-corrected chi connectivity index (χ4v) is 51.2. The Balaban J connectivity index is 0.000000287.